The molecule has 0 fully saturated rings. The molecule has 1 atom stereocenters. The van der Waals surface area contributed by atoms with Crippen LogP contribution in [-0.2, 0) is 7.05 Å². The van der Waals surface area contributed by atoms with E-state index in [9.17, 15) is 13.6 Å². The summed E-state index contributed by atoms with van der Waals surface area (Å²) in [6.07, 6.45) is 3.36. The molecular formula is C19H18F2N4O2. The van der Waals surface area contributed by atoms with Crippen molar-refractivity contribution in [2.75, 3.05) is 12.4 Å². The van der Waals surface area contributed by atoms with Crippen molar-refractivity contribution in [3.8, 4) is 5.75 Å². The molecule has 6 nitrogen and oxygen atoms in total. The molecule has 0 radical (unpaired) electrons. The predicted octanol–water partition coefficient (Wildman–Crippen LogP) is 3.62. The molecular weight excluding hydrogens is 354 g/mol. The Labute approximate surface area is 154 Å². The third-order valence-corrected chi connectivity index (χ3v) is 4.02. The fourth-order valence-electron chi connectivity index (χ4n) is 2.72. The molecule has 8 heteroatoms. The number of anilines is 1. The number of amides is 2. The van der Waals surface area contributed by atoms with Crippen LogP contribution in [0, 0.1) is 11.6 Å². The lowest BCUT2D eigenvalue weighted by atomic mass is 10.0. The normalized spacial score (nSPS) is 11.7. The third kappa shape index (κ3) is 4.05. The van der Waals surface area contributed by atoms with Crippen LogP contribution in [-0.4, -0.2) is 22.7 Å². The van der Waals surface area contributed by atoms with Crippen molar-refractivity contribution >= 4 is 11.7 Å². The topological polar surface area (TPSA) is 68.2 Å². The Balaban J connectivity index is 1.90. The molecule has 140 valence electrons. The van der Waals surface area contributed by atoms with Gasteiger partial charge in [-0.1, -0.05) is 18.2 Å². The molecule has 2 aromatic carbocycles. The van der Waals surface area contributed by atoms with E-state index in [1.54, 1.807) is 36.1 Å². The fraction of sp³-hybridized carbons (Fsp3) is 0.158. The maximum absolute atomic E-state index is 13.8. The Hall–Kier alpha value is -3.42. The number of methoxy groups -OCH3 is 1. The van der Waals surface area contributed by atoms with Gasteiger partial charge in [0.05, 0.1) is 12.8 Å². The summed E-state index contributed by atoms with van der Waals surface area (Å²) in [6, 6.07) is 8.80. The van der Waals surface area contributed by atoms with Gasteiger partial charge >= 0.3 is 6.03 Å². The number of benzene rings is 2. The summed E-state index contributed by atoms with van der Waals surface area (Å²) in [7, 11) is 3.33. The van der Waals surface area contributed by atoms with Crippen LogP contribution >= 0.6 is 0 Å². The molecule has 1 aromatic heterocycles. The second-order valence-corrected chi connectivity index (χ2v) is 5.79. The van der Waals surface area contributed by atoms with Gasteiger partial charge in [-0.3, -0.25) is 0 Å². The van der Waals surface area contributed by atoms with Crippen LogP contribution in [0.3, 0.4) is 0 Å². The minimum Gasteiger partial charge on any atom is -0.496 e. The number of urea groups is 1. The Morgan fingerprint density at radius 2 is 2.00 bits per heavy atom. The minimum absolute atomic E-state index is 0.132. The van der Waals surface area contributed by atoms with E-state index in [1.807, 2.05) is 12.1 Å². The first-order valence-corrected chi connectivity index (χ1v) is 8.12. The van der Waals surface area contributed by atoms with Crippen molar-refractivity contribution < 1.29 is 18.3 Å². The van der Waals surface area contributed by atoms with Gasteiger partial charge in [0.15, 0.2) is 0 Å². The quantitative estimate of drug-likeness (QED) is 0.719. The molecule has 0 aliphatic heterocycles. The van der Waals surface area contributed by atoms with Crippen molar-refractivity contribution in [2.45, 2.75) is 6.04 Å². The zero-order valence-electron chi connectivity index (χ0n) is 14.7. The Morgan fingerprint density at radius 3 is 2.67 bits per heavy atom. The number of ether oxygens (including phenoxy) is 1. The summed E-state index contributed by atoms with van der Waals surface area (Å²) in [5, 5.41) is 5.15. The van der Waals surface area contributed by atoms with E-state index in [0.29, 0.717) is 23.2 Å². The molecule has 0 saturated heterocycles. The summed E-state index contributed by atoms with van der Waals surface area (Å²) in [6.45, 7) is 0. The highest BCUT2D eigenvalue weighted by Crippen LogP contribution is 2.29. The first-order chi connectivity index (χ1) is 13.0. The van der Waals surface area contributed by atoms with Gasteiger partial charge in [-0.25, -0.2) is 18.6 Å². The van der Waals surface area contributed by atoms with Gasteiger partial charge in [-0.15, -0.1) is 0 Å². The second kappa shape index (κ2) is 7.86. The summed E-state index contributed by atoms with van der Waals surface area (Å²) in [5.74, 6) is -0.456. The van der Waals surface area contributed by atoms with Crippen molar-refractivity contribution in [3.63, 3.8) is 0 Å². The van der Waals surface area contributed by atoms with Crippen LogP contribution in [0.15, 0.2) is 54.9 Å². The molecule has 27 heavy (non-hydrogen) atoms. The first kappa shape index (κ1) is 18.4. The Morgan fingerprint density at radius 1 is 1.22 bits per heavy atom. The Kier molecular flexibility index (Phi) is 5.35. The van der Waals surface area contributed by atoms with Gasteiger partial charge in [0.25, 0.3) is 0 Å². The lowest BCUT2D eigenvalue weighted by Gasteiger charge is -2.21. The molecule has 0 bridgehead atoms. The summed E-state index contributed by atoms with van der Waals surface area (Å²) in [4.78, 5) is 16.8. The number of rotatable bonds is 5. The molecule has 2 amide bonds. The third-order valence-electron chi connectivity index (χ3n) is 4.02. The second-order valence-electron chi connectivity index (χ2n) is 5.79. The van der Waals surface area contributed by atoms with E-state index < -0.39 is 23.7 Å². The van der Waals surface area contributed by atoms with E-state index in [4.69, 9.17) is 4.74 Å². The van der Waals surface area contributed by atoms with Gasteiger partial charge in [-0.05, 0) is 18.2 Å². The Bertz CT molecular complexity index is 958. The predicted molar refractivity (Wildman–Crippen MR) is 96.6 cm³/mol. The maximum atomic E-state index is 13.8. The molecule has 0 saturated carbocycles. The standard InChI is InChI=1S/C19H18F2N4O2/c1-25-10-9-22-18(25)17(13-5-3-4-6-16(13)27-2)24-19(26)23-15-8-7-12(20)11-14(15)21/h3-11,17H,1-2H3,(H2,23,24,26). The molecule has 2 N–H and O–H groups in total. The minimum atomic E-state index is -0.865. The number of aromatic nitrogens is 2. The summed E-state index contributed by atoms with van der Waals surface area (Å²) < 4.78 is 34.0. The molecule has 1 unspecified atom stereocenters. The van der Waals surface area contributed by atoms with Gasteiger partial charge in [0.1, 0.15) is 29.3 Å². The maximum Gasteiger partial charge on any atom is 0.320 e. The number of para-hydroxylation sites is 1. The summed E-state index contributed by atoms with van der Waals surface area (Å²) >= 11 is 0. The van der Waals surface area contributed by atoms with Crippen molar-refractivity contribution in [1.82, 2.24) is 14.9 Å². The van der Waals surface area contributed by atoms with Crippen molar-refractivity contribution in [3.05, 3.63) is 77.9 Å². The van der Waals surface area contributed by atoms with E-state index >= 15 is 0 Å². The zero-order chi connectivity index (χ0) is 19.4. The number of nitrogens with zero attached hydrogens (tertiary/aromatic N) is 2. The number of carbonyl (C=O) groups is 1. The number of halogens is 2. The fourth-order valence-corrected chi connectivity index (χ4v) is 2.72. The van der Waals surface area contributed by atoms with E-state index in [2.05, 4.69) is 15.6 Å². The van der Waals surface area contributed by atoms with Crippen molar-refractivity contribution in [2.24, 2.45) is 7.05 Å². The number of imidazole rings is 1. The molecule has 0 spiro atoms. The lowest BCUT2D eigenvalue weighted by Crippen LogP contribution is -2.35. The molecule has 0 aliphatic rings. The molecule has 0 aliphatic carbocycles. The average Bonchev–Trinajstić information content (AvgIpc) is 3.08. The number of carbonyl (C=O) groups excluding carboxylic acids is 1. The van der Waals surface area contributed by atoms with Crippen LogP contribution in [0.25, 0.3) is 0 Å². The average molecular weight is 372 g/mol. The lowest BCUT2D eigenvalue weighted by molar-refractivity contribution is 0.249. The number of nitrogens with one attached hydrogen (secondary N) is 2. The number of hydrogen-bond donors (Lipinski definition) is 2. The highest BCUT2D eigenvalue weighted by Gasteiger charge is 2.24. The molecule has 1 heterocycles. The SMILES string of the molecule is COc1ccccc1C(NC(=O)Nc1ccc(F)cc1F)c1nccn1C. The van der Waals surface area contributed by atoms with E-state index in [0.717, 1.165) is 12.1 Å². The van der Waals surface area contributed by atoms with Gasteiger partial charge in [0, 0.05) is 31.1 Å². The van der Waals surface area contributed by atoms with Crippen LogP contribution < -0.4 is 15.4 Å². The number of hydrogen-bond acceptors (Lipinski definition) is 3. The van der Waals surface area contributed by atoms with Gasteiger partial charge < -0.3 is 19.9 Å². The van der Waals surface area contributed by atoms with Crippen LogP contribution in [0.5, 0.6) is 5.75 Å². The van der Waals surface area contributed by atoms with Crippen LogP contribution in [0.4, 0.5) is 19.3 Å². The van der Waals surface area contributed by atoms with Gasteiger partial charge in [-0.2, -0.15) is 0 Å². The zero-order valence-corrected chi connectivity index (χ0v) is 14.7. The monoisotopic (exact) mass is 372 g/mol. The molecule has 3 aromatic rings. The van der Waals surface area contributed by atoms with Crippen molar-refractivity contribution in [1.29, 1.82) is 0 Å². The van der Waals surface area contributed by atoms with E-state index in [1.165, 1.54) is 7.11 Å². The highest BCUT2D eigenvalue weighted by molar-refractivity contribution is 5.89. The summed E-state index contributed by atoms with van der Waals surface area (Å²) in [5.41, 5.74) is 0.552. The van der Waals surface area contributed by atoms with Crippen LogP contribution in [0.1, 0.15) is 17.4 Å². The molecule has 3 rings (SSSR count). The van der Waals surface area contributed by atoms with Gasteiger partial charge in [0.2, 0.25) is 0 Å². The first-order valence-electron chi connectivity index (χ1n) is 8.12. The largest absolute Gasteiger partial charge is 0.496 e. The van der Waals surface area contributed by atoms with Crippen LogP contribution in [0.2, 0.25) is 0 Å². The van der Waals surface area contributed by atoms with E-state index in [-0.39, 0.29) is 5.69 Å². The highest BCUT2D eigenvalue weighted by atomic mass is 19.1. The smallest absolute Gasteiger partial charge is 0.320 e. The number of aryl methyl sites for hydroxylation is 1.